The van der Waals surface area contributed by atoms with Crippen LogP contribution in [-0.2, 0) is 11.2 Å². The second kappa shape index (κ2) is 7.03. The number of rotatable bonds is 5. The summed E-state index contributed by atoms with van der Waals surface area (Å²) in [6.45, 7) is 0. The largest absolute Gasteiger partial charge is 0.354 e. The van der Waals surface area contributed by atoms with Crippen LogP contribution in [0.1, 0.15) is 12.0 Å². The number of benzene rings is 2. The molecule has 0 bridgehead atoms. The summed E-state index contributed by atoms with van der Waals surface area (Å²) in [5, 5.41) is 9.87. The van der Waals surface area contributed by atoms with Crippen LogP contribution in [0.2, 0.25) is 0 Å². The van der Waals surface area contributed by atoms with Gasteiger partial charge in [-0.15, -0.1) is 0 Å². The van der Waals surface area contributed by atoms with Gasteiger partial charge >= 0.3 is 0 Å². The van der Waals surface area contributed by atoms with E-state index in [-0.39, 0.29) is 24.0 Å². The van der Waals surface area contributed by atoms with Crippen molar-refractivity contribution in [3.8, 4) is 11.3 Å². The van der Waals surface area contributed by atoms with E-state index < -0.39 is 0 Å². The van der Waals surface area contributed by atoms with Crippen molar-refractivity contribution < 1.29 is 13.6 Å². The Hall–Kier alpha value is -3.48. The highest BCUT2D eigenvalue weighted by atomic mass is 19.1. The summed E-state index contributed by atoms with van der Waals surface area (Å²) < 4.78 is 27.1. The molecule has 0 fully saturated rings. The van der Waals surface area contributed by atoms with Crippen molar-refractivity contribution in [3.05, 3.63) is 72.1 Å². The fourth-order valence-electron chi connectivity index (χ4n) is 3.12. The second-order valence-corrected chi connectivity index (χ2v) is 6.21. The van der Waals surface area contributed by atoms with Crippen molar-refractivity contribution in [1.82, 2.24) is 15.2 Å². The van der Waals surface area contributed by atoms with Crippen LogP contribution < -0.4 is 5.32 Å². The summed E-state index contributed by atoms with van der Waals surface area (Å²) in [6, 6.07) is 10.5. The maximum absolute atomic E-state index is 13.8. The van der Waals surface area contributed by atoms with Gasteiger partial charge in [-0.05, 0) is 60.0 Å². The third-order valence-corrected chi connectivity index (χ3v) is 4.39. The summed E-state index contributed by atoms with van der Waals surface area (Å²) >= 11 is 0. The standard InChI is InChI=1S/C20H16F2N4O/c21-13-3-1-12(2-4-13)20-16(17-9-14(22)5-7-18(17)26-20)6-8-19(27)25-15-10-23-24-11-15/h1-5,7,9-11,26H,6,8H2,(H,23,24)(H,25,27). The first-order valence-corrected chi connectivity index (χ1v) is 8.45. The molecule has 0 atom stereocenters. The number of anilines is 1. The normalized spacial score (nSPS) is 11.0. The number of fused-ring (bicyclic) bond motifs is 1. The van der Waals surface area contributed by atoms with E-state index in [4.69, 9.17) is 0 Å². The van der Waals surface area contributed by atoms with Gasteiger partial charge in [-0.3, -0.25) is 9.89 Å². The molecule has 3 N–H and O–H groups in total. The zero-order chi connectivity index (χ0) is 18.8. The lowest BCUT2D eigenvalue weighted by Crippen LogP contribution is -2.11. The monoisotopic (exact) mass is 366 g/mol. The lowest BCUT2D eigenvalue weighted by molar-refractivity contribution is -0.116. The lowest BCUT2D eigenvalue weighted by Gasteiger charge is -2.06. The van der Waals surface area contributed by atoms with Gasteiger partial charge in [0.15, 0.2) is 0 Å². The molecule has 2 heterocycles. The first-order chi connectivity index (χ1) is 13.1. The van der Waals surface area contributed by atoms with Crippen LogP contribution in [0.15, 0.2) is 54.9 Å². The molecule has 0 aliphatic heterocycles. The Morgan fingerprint density at radius 1 is 1.07 bits per heavy atom. The summed E-state index contributed by atoms with van der Waals surface area (Å²) in [6.07, 6.45) is 3.72. The van der Waals surface area contributed by atoms with Crippen molar-refractivity contribution >= 4 is 22.5 Å². The van der Waals surface area contributed by atoms with Gasteiger partial charge in [0, 0.05) is 29.2 Å². The lowest BCUT2D eigenvalue weighted by atomic mass is 10.0. The molecule has 0 radical (unpaired) electrons. The molecule has 27 heavy (non-hydrogen) atoms. The average molecular weight is 366 g/mol. The minimum atomic E-state index is -0.351. The van der Waals surface area contributed by atoms with E-state index in [1.165, 1.54) is 30.5 Å². The van der Waals surface area contributed by atoms with Gasteiger partial charge < -0.3 is 10.3 Å². The Balaban J connectivity index is 1.66. The van der Waals surface area contributed by atoms with Gasteiger partial charge in [0.2, 0.25) is 5.91 Å². The molecule has 0 saturated heterocycles. The van der Waals surface area contributed by atoms with E-state index >= 15 is 0 Å². The number of carbonyl (C=O) groups is 1. The Morgan fingerprint density at radius 2 is 1.85 bits per heavy atom. The highest BCUT2D eigenvalue weighted by molar-refractivity contribution is 5.93. The summed E-state index contributed by atoms with van der Waals surface area (Å²) in [7, 11) is 0. The third-order valence-electron chi connectivity index (χ3n) is 4.39. The molecular weight excluding hydrogens is 350 g/mol. The minimum absolute atomic E-state index is 0.174. The van der Waals surface area contributed by atoms with Crippen molar-refractivity contribution in [1.29, 1.82) is 0 Å². The maximum Gasteiger partial charge on any atom is 0.224 e. The molecule has 0 unspecified atom stereocenters. The van der Waals surface area contributed by atoms with Crippen LogP contribution in [0.4, 0.5) is 14.5 Å². The quantitative estimate of drug-likeness (QED) is 0.490. The number of aryl methyl sites for hydroxylation is 1. The molecule has 0 aliphatic rings. The van der Waals surface area contributed by atoms with E-state index in [0.717, 1.165) is 22.3 Å². The van der Waals surface area contributed by atoms with E-state index in [2.05, 4.69) is 20.5 Å². The Kier molecular flexibility index (Phi) is 4.42. The number of aromatic nitrogens is 3. The van der Waals surface area contributed by atoms with Crippen molar-refractivity contribution in [2.24, 2.45) is 0 Å². The van der Waals surface area contributed by atoms with E-state index in [9.17, 15) is 13.6 Å². The molecule has 4 aromatic rings. The smallest absolute Gasteiger partial charge is 0.224 e. The number of aromatic amines is 2. The number of hydrogen-bond acceptors (Lipinski definition) is 2. The van der Waals surface area contributed by atoms with E-state index in [1.54, 1.807) is 24.4 Å². The zero-order valence-corrected chi connectivity index (χ0v) is 14.2. The van der Waals surface area contributed by atoms with Crippen LogP contribution in [0, 0.1) is 11.6 Å². The Bertz CT molecular complexity index is 1090. The molecular formula is C20H16F2N4O. The molecule has 7 heteroatoms. The molecule has 0 saturated carbocycles. The number of nitrogens with zero attached hydrogens (tertiary/aromatic N) is 1. The van der Waals surface area contributed by atoms with Gasteiger partial charge in [-0.2, -0.15) is 5.10 Å². The Labute approximate surface area is 153 Å². The maximum atomic E-state index is 13.8. The predicted octanol–water partition coefficient (Wildman–Crippen LogP) is 4.41. The van der Waals surface area contributed by atoms with Crippen molar-refractivity contribution in [2.45, 2.75) is 12.8 Å². The first-order valence-electron chi connectivity index (χ1n) is 8.45. The van der Waals surface area contributed by atoms with Crippen LogP contribution >= 0.6 is 0 Å². The molecule has 0 aliphatic carbocycles. The number of amides is 1. The van der Waals surface area contributed by atoms with Crippen LogP contribution in [0.25, 0.3) is 22.2 Å². The van der Waals surface area contributed by atoms with Gasteiger partial charge in [-0.1, -0.05) is 0 Å². The summed E-state index contributed by atoms with van der Waals surface area (Å²) in [5.41, 5.74) is 3.70. The fourth-order valence-corrected chi connectivity index (χ4v) is 3.12. The Morgan fingerprint density at radius 3 is 2.59 bits per heavy atom. The number of nitrogens with one attached hydrogen (secondary N) is 3. The minimum Gasteiger partial charge on any atom is -0.354 e. The molecule has 2 aromatic carbocycles. The average Bonchev–Trinajstić information content (AvgIpc) is 3.28. The highest BCUT2D eigenvalue weighted by Crippen LogP contribution is 2.32. The molecule has 0 spiro atoms. The van der Waals surface area contributed by atoms with Crippen LogP contribution in [-0.4, -0.2) is 21.1 Å². The number of halogens is 2. The molecule has 1 amide bonds. The van der Waals surface area contributed by atoms with Gasteiger partial charge in [0.1, 0.15) is 11.6 Å². The zero-order valence-electron chi connectivity index (χ0n) is 14.2. The second-order valence-electron chi connectivity index (χ2n) is 6.21. The van der Waals surface area contributed by atoms with Gasteiger partial charge in [0.25, 0.3) is 0 Å². The van der Waals surface area contributed by atoms with Gasteiger partial charge in [-0.25, -0.2) is 8.78 Å². The summed E-state index contributed by atoms with van der Waals surface area (Å²) in [4.78, 5) is 15.5. The molecule has 4 rings (SSSR count). The van der Waals surface area contributed by atoms with Crippen LogP contribution in [0.5, 0.6) is 0 Å². The van der Waals surface area contributed by atoms with Crippen molar-refractivity contribution in [2.75, 3.05) is 5.32 Å². The number of hydrogen-bond donors (Lipinski definition) is 3. The van der Waals surface area contributed by atoms with Crippen LogP contribution in [0.3, 0.4) is 0 Å². The molecule has 5 nitrogen and oxygen atoms in total. The fraction of sp³-hybridized carbons (Fsp3) is 0.100. The highest BCUT2D eigenvalue weighted by Gasteiger charge is 2.15. The number of H-pyrrole nitrogens is 2. The third kappa shape index (κ3) is 3.57. The number of carbonyl (C=O) groups excluding carboxylic acids is 1. The molecule has 136 valence electrons. The SMILES string of the molecule is O=C(CCc1c(-c2ccc(F)cc2)[nH]c2ccc(F)cc12)Nc1cn[nH]c1. The van der Waals surface area contributed by atoms with E-state index in [1.807, 2.05) is 0 Å². The summed E-state index contributed by atoms with van der Waals surface area (Å²) in [5.74, 6) is -0.856. The predicted molar refractivity (Wildman–Crippen MR) is 99.2 cm³/mol. The van der Waals surface area contributed by atoms with Crippen molar-refractivity contribution in [3.63, 3.8) is 0 Å². The topological polar surface area (TPSA) is 73.6 Å². The first kappa shape index (κ1) is 17.0. The van der Waals surface area contributed by atoms with Gasteiger partial charge in [0.05, 0.1) is 11.9 Å². The molecule has 2 aromatic heterocycles. The van der Waals surface area contributed by atoms with E-state index in [0.29, 0.717) is 17.5 Å².